The Hall–Kier alpha value is -3.97. The monoisotopic (exact) mass is 503 g/mol. The molecule has 1 aromatic heterocycles. The van der Waals surface area contributed by atoms with Crippen molar-refractivity contribution in [2.75, 3.05) is 26.1 Å². The standard InChI is InChI=1S/C28H26ClN3O4/c1-16-4-9-23-18(12-16)13-22(27(33)31-23)26-21-15-25(36-3)24(35-2)14-17(21)10-11-32(26)28(34)30-20-7-5-19(29)6-8-20/h4-9,12-15,26H,10-11H2,1-3H3,(H,30,34)(H,31,33)/t26-/m0/s1. The summed E-state index contributed by atoms with van der Waals surface area (Å²) in [4.78, 5) is 31.6. The highest BCUT2D eigenvalue weighted by Crippen LogP contribution is 2.41. The Morgan fingerprint density at radius 2 is 1.72 bits per heavy atom. The molecule has 0 saturated heterocycles. The first-order valence-corrected chi connectivity index (χ1v) is 12.0. The van der Waals surface area contributed by atoms with Crippen LogP contribution in [0.1, 0.15) is 28.3 Å². The number of aryl methyl sites for hydroxylation is 1. The lowest BCUT2D eigenvalue weighted by Gasteiger charge is -2.37. The van der Waals surface area contributed by atoms with Crippen molar-refractivity contribution in [3.63, 3.8) is 0 Å². The third kappa shape index (κ3) is 4.38. The van der Waals surface area contributed by atoms with Crippen LogP contribution in [-0.4, -0.2) is 36.7 Å². The van der Waals surface area contributed by atoms with Gasteiger partial charge in [-0.1, -0.05) is 23.2 Å². The summed E-state index contributed by atoms with van der Waals surface area (Å²) < 4.78 is 11.1. The molecule has 0 unspecified atom stereocenters. The number of nitrogens with one attached hydrogen (secondary N) is 2. The molecule has 0 aliphatic carbocycles. The third-order valence-electron chi connectivity index (χ3n) is 6.55. The number of hydrogen-bond acceptors (Lipinski definition) is 4. The Bertz CT molecular complexity index is 1510. The van der Waals surface area contributed by atoms with Crippen LogP contribution in [0.25, 0.3) is 10.9 Å². The molecule has 0 bridgehead atoms. The van der Waals surface area contributed by atoms with Gasteiger partial charge in [0.25, 0.3) is 5.56 Å². The average Bonchev–Trinajstić information content (AvgIpc) is 2.88. The molecule has 4 aromatic rings. The van der Waals surface area contributed by atoms with Crippen molar-refractivity contribution in [1.29, 1.82) is 0 Å². The number of H-pyrrole nitrogens is 1. The first-order valence-electron chi connectivity index (χ1n) is 11.6. The summed E-state index contributed by atoms with van der Waals surface area (Å²) >= 11 is 6.00. The fraction of sp³-hybridized carbons (Fsp3) is 0.214. The van der Waals surface area contributed by atoms with Crippen molar-refractivity contribution in [2.24, 2.45) is 0 Å². The van der Waals surface area contributed by atoms with E-state index in [1.807, 2.05) is 43.3 Å². The molecule has 3 aromatic carbocycles. The fourth-order valence-corrected chi connectivity index (χ4v) is 4.90. The van der Waals surface area contributed by atoms with Crippen LogP contribution in [0.2, 0.25) is 5.02 Å². The van der Waals surface area contributed by atoms with Crippen molar-refractivity contribution >= 4 is 34.2 Å². The number of anilines is 1. The summed E-state index contributed by atoms with van der Waals surface area (Å²) in [6.45, 7) is 2.42. The SMILES string of the molecule is COc1cc2c(cc1OC)[C@@H](c1cc3cc(C)ccc3[nH]c1=O)N(C(=O)Nc1ccc(Cl)cc1)CC2. The van der Waals surface area contributed by atoms with Crippen LogP contribution in [-0.2, 0) is 6.42 Å². The number of fused-ring (bicyclic) bond motifs is 2. The van der Waals surface area contributed by atoms with E-state index in [1.165, 1.54) is 0 Å². The summed E-state index contributed by atoms with van der Waals surface area (Å²) in [7, 11) is 3.16. The Kier molecular flexibility index (Phi) is 6.33. The minimum absolute atomic E-state index is 0.247. The molecule has 36 heavy (non-hydrogen) atoms. The Balaban J connectivity index is 1.66. The van der Waals surface area contributed by atoms with E-state index in [1.54, 1.807) is 43.4 Å². The normalized spacial score (nSPS) is 14.9. The van der Waals surface area contributed by atoms with Gasteiger partial charge in [0.15, 0.2) is 11.5 Å². The number of carbonyl (C=O) groups is 1. The molecule has 8 heteroatoms. The second kappa shape index (κ2) is 9.59. The number of pyridine rings is 1. The number of urea groups is 1. The lowest BCUT2D eigenvalue weighted by atomic mass is 9.87. The number of methoxy groups -OCH3 is 2. The van der Waals surface area contributed by atoms with E-state index in [4.69, 9.17) is 21.1 Å². The van der Waals surface area contributed by atoms with E-state index in [0.717, 1.165) is 27.6 Å². The number of ether oxygens (including phenoxy) is 2. The smallest absolute Gasteiger partial charge is 0.322 e. The molecular formula is C28H26ClN3O4. The van der Waals surface area contributed by atoms with Crippen LogP contribution >= 0.6 is 11.6 Å². The van der Waals surface area contributed by atoms with Gasteiger partial charge < -0.3 is 24.7 Å². The van der Waals surface area contributed by atoms with Crippen LogP contribution in [0, 0.1) is 6.92 Å². The minimum atomic E-state index is -0.630. The number of aromatic nitrogens is 1. The molecule has 1 aliphatic heterocycles. The lowest BCUT2D eigenvalue weighted by molar-refractivity contribution is 0.193. The number of hydrogen-bond donors (Lipinski definition) is 2. The third-order valence-corrected chi connectivity index (χ3v) is 6.81. The number of carbonyl (C=O) groups excluding carboxylic acids is 1. The summed E-state index contributed by atoms with van der Waals surface area (Å²) in [5.74, 6) is 1.14. The molecule has 0 spiro atoms. The second-order valence-corrected chi connectivity index (χ2v) is 9.27. The molecule has 0 saturated carbocycles. The summed E-state index contributed by atoms with van der Waals surface area (Å²) in [6, 6.07) is 17.5. The number of nitrogens with zero attached hydrogens (tertiary/aromatic N) is 1. The van der Waals surface area contributed by atoms with Crippen molar-refractivity contribution in [3.8, 4) is 11.5 Å². The van der Waals surface area contributed by atoms with Crippen molar-refractivity contribution in [2.45, 2.75) is 19.4 Å². The van der Waals surface area contributed by atoms with Crippen LogP contribution in [0.15, 0.2) is 65.5 Å². The molecule has 7 nitrogen and oxygen atoms in total. The highest BCUT2D eigenvalue weighted by molar-refractivity contribution is 6.30. The van der Waals surface area contributed by atoms with E-state index in [-0.39, 0.29) is 11.6 Å². The maximum absolute atomic E-state index is 13.6. The summed E-state index contributed by atoms with van der Waals surface area (Å²) in [6.07, 6.45) is 0.602. The first-order chi connectivity index (χ1) is 17.4. The van der Waals surface area contributed by atoms with E-state index in [9.17, 15) is 9.59 Å². The van der Waals surface area contributed by atoms with Crippen LogP contribution in [0.5, 0.6) is 11.5 Å². The lowest BCUT2D eigenvalue weighted by Crippen LogP contribution is -2.44. The van der Waals surface area contributed by atoms with E-state index in [0.29, 0.717) is 40.7 Å². The van der Waals surface area contributed by atoms with Gasteiger partial charge in [0.05, 0.1) is 20.3 Å². The number of aromatic amines is 1. The zero-order valence-corrected chi connectivity index (χ0v) is 21.0. The molecule has 2 N–H and O–H groups in total. The number of amides is 2. The quantitative estimate of drug-likeness (QED) is 0.375. The van der Waals surface area contributed by atoms with Crippen LogP contribution in [0.4, 0.5) is 10.5 Å². The van der Waals surface area contributed by atoms with Gasteiger partial charge in [-0.15, -0.1) is 0 Å². The predicted octanol–water partition coefficient (Wildman–Crippen LogP) is 5.69. The molecule has 1 aliphatic rings. The van der Waals surface area contributed by atoms with Crippen molar-refractivity contribution in [3.05, 3.63) is 98.3 Å². The molecule has 2 heterocycles. The van der Waals surface area contributed by atoms with Crippen LogP contribution in [0.3, 0.4) is 0 Å². The topological polar surface area (TPSA) is 83.7 Å². The Morgan fingerprint density at radius 1 is 1.00 bits per heavy atom. The zero-order chi connectivity index (χ0) is 25.4. The van der Waals surface area contributed by atoms with Gasteiger partial charge in [-0.2, -0.15) is 0 Å². The largest absolute Gasteiger partial charge is 0.493 e. The Morgan fingerprint density at radius 3 is 2.44 bits per heavy atom. The molecular weight excluding hydrogens is 478 g/mol. The van der Waals surface area contributed by atoms with E-state index in [2.05, 4.69) is 10.3 Å². The van der Waals surface area contributed by atoms with Crippen LogP contribution < -0.4 is 20.3 Å². The van der Waals surface area contributed by atoms with Gasteiger partial charge in [0.2, 0.25) is 0 Å². The van der Waals surface area contributed by atoms with E-state index < -0.39 is 6.04 Å². The van der Waals surface area contributed by atoms with E-state index >= 15 is 0 Å². The van der Waals surface area contributed by atoms with Gasteiger partial charge in [-0.25, -0.2) is 4.79 Å². The van der Waals surface area contributed by atoms with Gasteiger partial charge in [-0.05, 0) is 84.5 Å². The molecule has 5 rings (SSSR count). The molecule has 2 amide bonds. The fourth-order valence-electron chi connectivity index (χ4n) is 4.77. The van der Waals surface area contributed by atoms with Gasteiger partial charge in [0.1, 0.15) is 0 Å². The zero-order valence-electron chi connectivity index (χ0n) is 20.2. The van der Waals surface area contributed by atoms with Crippen molar-refractivity contribution in [1.82, 2.24) is 9.88 Å². The molecule has 184 valence electrons. The average molecular weight is 504 g/mol. The second-order valence-electron chi connectivity index (χ2n) is 8.83. The minimum Gasteiger partial charge on any atom is -0.493 e. The highest BCUT2D eigenvalue weighted by atomic mass is 35.5. The molecule has 0 fully saturated rings. The maximum atomic E-state index is 13.6. The molecule has 1 atom stereocenters. The van der Waals surface area contributed by atoms with Gasteiger partial charge in [-0.3, -0.25) is 4.79 Å². The van der Waals surface area contributed by atoms with Crippen molar-refractivity contribution < 1.29 is 14.3 Å². The maximum Gasteiger partial charge on any atom is 0.322 e. The molecule has 0 radical (unpaired) electrons. The number of benzene rings is 3. The first kappa shape index (κ1) is 23.8. The van der Waals surface area contributed by atoms with Gasteiger partial charge >= 0.3 is 6.03 Å². The predicted molar refractivity (Wildman–Crippen MR) is 142 cm³/mol. The van der Waals surface area contributed by atoms with Gasteiger partial charge in [0, 0.05) is 28.3 Å². The number of rotatable bonds is 4. The summed E-state index contributed by atoms with van der Waals surface area (Å²) in [5.41, 5.74) is 4.49. The Labute approximate surface area is 213 Å². The summed E-state index contributed by atoms with van der Waals surface area (Å²) in [5, 5.41) is 4.43. The highest BCUT2D eigenvalue weighted by Gasteiger charge is 2.35. The number of halogens is 1.